The number of halogens is 3. The summed E-state index contributed by atoms with van der Waals surface area (Å²) in [6, 6.07) is 14.1. The second kappa shape index (κ2) is 7.03. The lowest BCUT2D eigenvalue weighted by atomic mass is 10.1. The summed E-state index contributed by atoms with van der Waals surface area (Å²) >= 11 is 0. The van der Waals surface area contributed by atoms with Gasteiger partial charge in [-0.2, -0.15) is 13.2 Å². The van der Waals surface area contributed by atoms with E-state index in [4.69, 9.17) is 9.47 Å². The summed E-state index contributed by atoms with van der Waals surface area (Å²) in [5.41, 5.74) is 0.185. The molecule has 0 spiro atoms. The van der Waals surface area contributed by atoms with Crippen LogP contribution in [0.15, 0.2) is 54.6 Å². The minimum Gasteiger partial charge on any atom is -0.497 e. The molecule has 0 amide bonds. The minimum atomic E-state index is -4.58. The quantitative estimate of drug-likeness (QED) is 0.667. The van der Waals surface area contributed by atoms with Gasteiger partial charge in [-0.3, -0.25) is 0 Å². The van der Waals surface area contributed by atoms with E-state index in [0.29, 0.717) is 22.6 Å². The van der Waals surface area contributed by atoms with Crippen LogP contribution in [-0.4, -0.2) is 24.2 Å². The van der Waals surface area contributed by atoms with Gasteiger partial charge in [0.25, 0.3) is 0 Å². The van der Waals surface area contributed by atoms with E-state index in [1.165, 1.54) is 14.2 Å². The Labute approximate surface area is 148 Å². The number of benzene rings is 2. The Hall–Kier alpha value is -3.09. The monoisotopic (exact) mass is 360 g/mol. The Morgan fingerprint density at radius 3 is 1.69 bits per heavy atom. The lowest BCUT2D eigenvalue weighted by molar-refractivity contribution is -0.141. The van der Waals surface area contributed by atoms with Crippen molar-refractivity contribution >= 4 is 0 Å². The topological polar surface area (TPSA) is 44.2 Å². The fourth-order valence-corrected chi connectivity index (χ4v) is 2.37. The second-order valence-electron chi connectivity index (χ2n) is 5.42. The summed E-state index contributed by atoms with van der Waals surface area (Å²) in [5.74, 6) is 1.19. The van der Waals surface area contributed by atoms with Crippen LogP contribution >= 0.6 is 0 Å². The standard InChI is InChI=1S/C19H15F3N2O2/c1-25-14-7-3-12(4-8-14)16-11-17(19(20,21)22)24-18(23-16)13-5-9-15(26-2)10-6-13/h3-11H,1-2H3. The van der Waals surface area contributed by atoms with E-state index < -0.39 is 11.9 Å². The molecule has 0 N–H and O–H groups in total. The Morgan fingerprint density at radius 2 is 1.23 bits per heavy atom. The van der Waals surface area contributed by atoms with Crippen molar-refractivity contribution < 1.29 is 22.6 Å². The number of hydrogen-bond donors (Lipinski definition) is 0. The Kier molecular flexibility index (Phi) is 4.79. The first kappa shape index (κ1) is 17.7. The average Bonchev–Trinajstić information content (AvgIpc) is 2.67. The van der Waals surface area contributed by atoms with Gasteiger partial charge in [0, 0.05) is 11.1 Å². The normalized spacial score (nSPS) is 11.3. The molecule has 7 heteroatoms. The molecule has 1 heterocycles. The highest BCUT2D eigenvalue weighted by Gasteiger charge is 2.34. The summed E-state index contributed by atoms with van der Waals surface area (Å²) < 4.78 is 50.0. The molecule has 3 rings (SSSR count). The van der Waals surface area contributed by atoms with Crippen LogP contribution in [0.1, 0.15) is 5.69 Å². The highest BCUT2D eigenvalue weighted by Crippen LogP contribution is 2.32. The third kappa shape index (κ3) is 3.77. The molecule has 0 unspecified atom stereocenters. The molecule has 26 heavy (non-hydrogen) atoms. The first-order valence-electron chi connectivity index (χ1n) is 7.66. The lowest BCUT2D eigenvalue weighted by Gasteiger charge is -2.11. The average molecular weight is 360 g/mol. The number of hydrogen-bond acceptors (Lipinski definition) is 4. The van der Waals surface area contributed by atoms with Crippen LogP contribution < -0.4 is 9.47 Å². The van der Waals surface area contributed by atoms with Gasteiger partial charge >= 0.3 is 6.18 Å². The first-order chi connectivity index (χ1) is 12.4. The Balaban J connectivity index is 2.11. The van der Waals surface area contributed by atoms with Gasteiger partial charge in [0.15, 0.2) is 5.82 Å². The van der Waals surface area contributed by atoms with E-state index in [2.05, 4.69) is 9.97 Å². The molecule has 3 aromatic rings. The lowest BCUT2D eigenvalue weighted by Crippen LogP contribution is -2.10. The van der Waals surface area contributed by atoms with Gasteiger partial charge in [0.2, 0.25) is 0 Å². The van der Waals surface area contributed by atoms with Crippen LogP contribution in [0, 0.1) is 0 Å². The van der Waals surface area contributed by atoms with Crippen molar-refractivity contribution in [2.24, 2.45) is 0 Å². The van der Waals surface area contributed by atoms with Gasteiger partial charge in [-0.15, -0.1) is 0 Å². The molecular formula is C19H15F3N2O2. The van der Waals surface area contributed by atoms with Crippen LogP contribution in [0.5, 0.6) is 11.5 Å². The molecule has 0 atom stereocenters. The van der Waals surface area contributed by atoms with E-state index in [0.717, 1.165) is 6.07 Å². The zero-order valence-corrected chi connectivity index (χ0v) is 14.0. The summed E-state index contributed by atoms with van der Waals surface area (Å²) in [6.45, 7) is 0. The maximum atomic E-state index is 13.3. The minimum absolute atomic E-state index is 0.00621. The molecule has 0 fully saturated rings. The largest absolute Gasteiger partial charge is 0.497 e. The second-order valence-corrected chi connectivity index (χ2v) is 5.42. The fraction of sp³-hybridized carbons (Fsp3) is 0.158. The molecule has 0 bridgehead atoms. The van der Waals surface area contributed by atoms with Gasteiger partial charge in [-0.25, -0.2) is 9.97 Å². The van der Waals surface area contributed by atoms with Gasteiger partial charge in [-0.1, -0.05) is 0 Å². The highest BCUT2D eigenvalue weighted by molar-refractivity contribution is 5.65. The number of aromatic nitrogens is 2. The van der Waals surface area contributed by atoms with Crippen molar-refractivity contribution in [2.75, 3.05) is 14.2 Å². The summed E-state index contributed by atoms with van der Waals surface area (Å²) in [7, 11) is 3.03. The predicted molar refractivity (Wildman–Crippen MR) is 91.0 cm³/mol. The number of alkyl halides is 3. The van der Waals surface area contributed by atoms with Gasteiger partial charge < -0.3 is 9.47 Å². The molecule has 0 saturated heterocycles. The molecule has 134 valence electrons. The van der Waals surface area contributed by atoms with Crippen LogP contribution in [0.25, 0.3) is 22.6 Å². The van der Waals surface area contributed by atoms with Crippen molar-refractivity contribution in [1.82, 2.24) is 9.97 Å². The number of methoxy groups -OCH3 is 2. The van der Waals surface area contributed by atoms with Gasteiger partial charge in [0.05, 0.1) is 19.9 Å². The van der Waals surface area contributed by atoms with Crippen LogP contribution in [0.2, 0.25) is 0 Å². The van der Waals surface area contributed by atoms with E-state index >= 15 is 0 Å². The number of rotatable bonds is 4. The fourth-order valence-electron chi connectivity index (χ4n) is 2.37. The zero-order chi connectivity index (χ0) is 18.7. The Morgan fingerprint density at radius 1 is 0.731 bits per heavy atom. The smallest absolute Gasteiger partial charge is 0.433 e. The zero-order valence-electron chi connectivity index (χ0n) is 14.0. The van der Waals surface area contributed by atoms with Crippen molar-refractivity contribution in [1.29, 1.82) is 0 Å². The van der Waals surface area contributed by atoms with E-state index in [1.807, 2.05) is 0 Å². The third-order valence-corrected chi connectivity index (χ3v) is 3.75. The van der Waals surface area contributed by atoms with Crippen LogP contribution in [-0.2, 0) is 6.18 Å². The molecule has 4 nitrogen and oxygen atoms in total. The molecule has 0 aliphatic carbocycles. The van der Waals surface area contributed by atoms with Crippen LogP contribution in [0.4, 0.5) is 13.2 Å². The molecule has 0 aliphatic rings. The van der Waals surface area contributed by atoms with Crippen molar-refractivity contribution in [3.05, 3.63) is 60.3 Å². The van der Waals surface area contributed by atoms with E-state index in [9.17, 15) is 13.2 Å². The molecule has 1 aromatic heterocycles. The predicted octanol–water partition coefficient (Wildman–Crippen LogP) is 4.85. The highest BCUT2D eigenvalue weighted by atomic mass is 19.4. The van der Waals surface area contributed by atoms with E-state index in [-0.39, 0.29) is 11.5 Å². The van der Waals surface area contributed by atoms with E-state index in [1.54, 1.807) is 48.5 Å². The number of ether oxygens (including phenoxy) is 2. The molecule has 2 aromatic carbocycles. The third-order valence-electron chi connectivity index (χ3n) is 3.75. The van der Waals surface area contributed by atoms with Crippen LogP contribution in [0.3, 0.4) is 0 Å². The molecule has 0 radical (unpaired) electrons. The van der Waals surface area contributed by atoms with Crippen molar-refractivity contribution in [2.45, 2.75) is 6.18 Å². The van der Waals surface area contributed by atoms with Crippen molar-refractivity contribution in [3.8, 4) is 34.1 Å². The SMILES string of the molecule is COc1ccc(-c2cc(C(F)(F)F)nc(-c3ccc(OC)cc3)n2)cc1. The molecular weight excluding hydrogens is 345 g/mol. The maximum absolute atomic E-state index is 13.3. The van der Waals surface area contributed by atoms with Crippen molar-refractivity contribution in [3.63, 3.8) is 0 Å². The Bertz CT molecular complexity index is 826. The first-order valence-corrected chi connectivity index (χ1v) is 7.66. The number of nitrogens with zero attached hydrogens (tertiary/aromatic N) is 2. The summed E-state index contributed by atoms with van der Waals surface area (Å²) in [5, 5.41) is 0. The summed E-state index contributed by atoms with van der Waals surface area (Å²) in [6.07, 6.45) is -4.58. The van der Waals surface area contributed by atoms with Gasteiger partial charge in [0.1, 0.15) is 17.2 Å². The maximum Gasteiger partial charge on any atom is 0.433 e. The molecule has 0 saturated carbocycles. The molecule has 0 aliphatic heterocycles. The van der Waals surface area contributed by atoms with Gasteiger partial charge in [-0.05, 0) is 54.6 Å². The summed E-state index contributed by atoms with van der Waals surface area (Å²) in [4.78, 5) is 7.99.